The second-order valence-corrected chi connectivity index (χ2v) is 8.21. The summed E-state index contributed by atoms with van der Waals surface area (Å²) in [6, 6.07) is 11.1. The van der Waals surface area contributed by atoms with Gasteiger partial charge in [0.25, 0.3) is 0 Å². The third-order valence-corrected chi connectivity index (χ3v) is 6.20. The topological polar surface area (TPSA) is 92.5 Å². The molecule has 8 heteroatoms. The lowest BCUT2D eigenvalue weighted by atomic mass is 9.89. The van der Waals surface area contributed by atoms with E-state index in [1.54, 1.807) is 29.3 Å². The van der Waals surface area contributed by atoms with Crippen molar-refractivity contribution >= 4 is 40.1 Å². The van der Waals surface area contributed by atoms with E-state index < -0.39 is 11.9 Å². The molecule has 1 aliphatic rings. The Hall–Kier alpha value is -3.63. The van der Waals surface area contributed by atoms with E-state index in [1.807, 2.05) is 19.1 Å². The number of aryl methyl sites for hydroxylation is 1. The summed E-state index contributed by atoms with van der Waals surface area (Å²) in [5.74, 6) is -1.41. The third kappa shape index (κ3) is 3.98. The minimum Gasteiger partial charge on any atom is -0.495 e. The maximum Gasteiger partial charge on any atom is 0.318 e. The lowest BCUT2D eigenvalue weighted by Gasteiger charge is -2.34. The van der Waals surface area contributed by atoms with Crippen LogP contribution in [-0.2, 0) is 33.7 Å². The summed E-state index contributed by atoms with van der Waals surface area (Å²) in [6.45, 7) is 2.17. The van der Waals surface area contributed by atoms with Gasteiger partial charge in [0.1, 0.15) is 11.7 Å². The number of hydrogen-bond donors (Lipinski definition) is 0. The van der Waals surface area contributed by atoms with E-state index in [0.717, 1.165) is 22.2 Å². The van der Waals surface area contributed by atoms with Crippen LogP contribution in [-0.4, -0.2) is 31.1 Å². The Bertz CT molecular complexity index is 1320. The fourth-order valence-electron chi connectivity index (χ4n) is 4.29. The molecule has 0 bridgehead atoms. The molecule has 0 saturated carbocycles. The molecular formula is C25H22ClN3O4. The quantitative estimate of drug-likeness (QED) is 0.415. The molecular weight excluding hydrogens is 442 g/mol. The predicted molar refractivity (Wildman–Crippen MR) is 124 cm³/mol. The average molecular weight is 464 g/mol. The molecule has 3 aromatic rings. The van der Waals surface area contributed by atoms with Crippen LogP contribution in [0.5, 0.6) is 5.75 Å². The van der Waals surface area contributed by atoms with Crippen LogP contribution in [0.2, 0.25) is 5.02 Å². The molecule has 168 valence electrons. The second kappa shape index (κ2) is 9.08. The van der Waals surface area contributed by atoms with Gasteiger partial charge < -0.3 is 14.4 Å². The number of carbonyl (C=O) groups is 2. The predicted octanol–water partition coefficient (Wildman–Crippen LogP) is 4.21. The lowest BCUT2D eigenvalue weighted by Crippen LogP contribution is -2.44. The second-order valence-electron chi connectivity index (χ2n) is 7.80. The van der Waals surface area contributed by atoms with E-state index in [4.69, 9.17) is 21.1 Å². The largest absolute Gasteiger partial charge is 0.495 e. The monoisotopic (exact) mass is 463 g/mol. The van der Waals surface area contributed by atoms with Gasteiger partial charge >= 0.3 is 5.97 Å². The van der Waals surface area contributed by atoms with Crippen molar-refractivity contribution in [1.82, 2.24) is 4.98 Å². The molecule has 1 aromatic heterocycles. The number of anilines is 1. The number of halogens is 1. The van der Waals surface area contributed by atoms with Crippen LogP contribution >= 0.6 is 11.6 Å². The number of hydrogen-bond acceptors (Lipinski definition) is 6. The Morgan fingerprint density at radius 3 is 2.73 bits per heavy atom. The minimum atomic E-state index is -0.972. The van der Waals surface area contributed by atoms with E-state index in [1.165, 1.54) is 14.2 Å². The van der Waals surface area contributed by atoms with Crippen molar-refractivity contribution in [3.8, 4) is 11.8 Å². The van der Waals surface area contributed by atoms with Gasteiger partial charge in [-0.05, 0) is 53.8 Å². The number of benzene rings is 2. The number of pyridine rings is 1. The fourth-order valence-corrected chi connectivity index (χ4v) is 4.57. The Labute approximate surface area is 196 Å². The van der Waals surface area contributed by atoms with Crippen molar-refractivity contribution in [3.05, 3.63) is 63.8 Å². The van der Waals surface area contributed by atoms with E-state index in [0.29, 0.717) is 33.8 Å². The van der Waals surface area contributed by atoms with Crippen molar-refractivity contribution in [2.45, 2.75) is 26.3 Å². The van der Waals surface area contributed by atoms with Gasteiger partial charge in [0, 0.05) is 11.6 Å². The maximum atomic E-state index is 13.5. The van der Waals surface area contributed by atoms with Crippen molar-refractivity contribution in [1.29, 1.82) is 5.26 Å². The Morgan fingerprint density at radius 1 is 1.30 bits per heavy atom. The molecule has 0 radical (unpaired) electrons. The summed E-state index contributed by atoms with van der Waals surface area (Å²) < 4.78 is 10.1. The number of fused-ring (bicyclic) bond motifs is 3. The van der Waals surface area contributed by atoms with Gasteiger partial charge in [-0.2, -0.15) is 5.26 Å². The Morgan fingerprint density at radius 2 is 2.09 bits per heavy atom. The zero-order chi connectivity index (χ0) is 23.7. The van der Waals surface area contributed by atoms with Crippen LogP contribution in [0.3, 0.4) is 0 Å². The number of ether oxygens (including phenoxy) is 2. The zero-order valence-corrected chi connectivity index (χ0v) is 19.3. The molecule has 7 nitrogen and oxygen atoms in total. The van der Waals surface area contributed by atoms with Gasteiger partial charge in [0.05, 0.1) is 48.6 Å². The molecule has 1 atom stereocenters. The maximum absolute atomic E-state index is 13.5. The number of nitriles is 1. The van der Waals surface area contributed by atoms with Crippen LogP contribution in [0.15, 0.2) is 36.5 Å². The number of nitrogens with zero attached hydrogens (tertiary/aromatic N) is 3. The van der Waals surface area contributed by atoms with Gasteiger partial charge in [0.15, 0.2) is 0 Å². The molecule has 1 unspecified atom stereocenters. The number of aromatic nitrogens is 1. The Kier molecular flexibility index (Phi) is 6.21. The van der Waals surface area contributed by atoms with Gasteiger partial charge in [-0.15, -0.1) is 0 Å². The normalized spacial score (nSPS) is 15.2. The molecule has 4 rings (SSSR count). The molecule has 1 amide bonds. The summed E-state index contributed by atoms with van der Waals surface area (Å²) in [4.78, 5) is 32.2. The number of esters is 1. The SMILES string of the molecule is CCc1cc(C#N)cc2c3c(cnc12)CC(C(=O)OC)C(=O)N3Cc1ccc(OC)c(Cl)c1. The van der Waals surface area contributed by atoms with Crippen molar-refractivity contribution < 1.29 is 19.1 Å². The summed E-state index contributed by atoms with van der Waals surface area (Å²) >= 11 is 6.31. The number of rotatable bonds is 5. The van der Waals surface area contributed by atoms with E-state index in [2.05, 4.69) is 11.1 Å². The van der Waals surface area contributed by atoms with Gasteiger partial charge in [0.2, 0.25) is 5.91 Å². The van der Waals surface area contributed by atoms with Crippen LogP contribution < -0.4 is 9.64 Å². The van der Waals surface area contributed by atoms with Gasteiger partial charge in [-0.3, -0.25) is 14.6 Å². The smallest absolute Gasteiger partial charge is 0.318 e. The highest BCUT2D eigenvalue weighted by Crippen LogP contribution is 2.39. The third-order valence-electron chi connectivity index (χ3n) is 5.91. The first-order chi connectivity index (χ1) is 15.9. The summed E-state index contributed by atoms with van der Waals surface area (Å²) in [6.07, 6.45) is 2.58. The summed E-state index contributed by atoms with van der Waals surface area (Å²) in [5.41, 5.74) is 4.31. The lowest BCUT2D eigenvalue weighted by molar-refractivity contribution is -0.149. The Balaban J connectivity index is 1.93. The summed E-state index contributed by atoms with van der Waals surface area (Å²) in [7, 11) is 2.80. The molecule has 33 heavy (non-hydrogen) atoms. The number of amides is 1. The molecule has 1 aliphatic heterocycles. The highest BCUT2D eigenvalue weighted by molar-refractivity contribution is 6.32. The minimum absolute atomic E-state index is 0.181. The molecule has 0 N–H and O–H groups in total. The fraction of sp³-hybridized carbons (Fsp3) is 0.280. The van der Waals surface area contributed by atoms with Crippen LogP contribution in [0, 0.1) is 17.2 Å². The van der Waals surface area contributed by atoms with Gasteiger partial charge in [-0.1, -0.05) is 24.6 Å². The standard InChI is InChI=1S/C25H22ClN3O4/c1-4-16-7-15(11-27)8-18-22(16)28-12-17-10-19(25(31)33-3)24(30)29(23(17)18)13-14-5-6-21(32-2)20(26)9-14/h5-9,12,19H,4,10,13H2,1-3H3. The highest BCUT2D eigenvalue weighted by Gasteiger charge is 2.39. The highest BCUT2D eigenvalue weighted by atomic mass is 35.5. The first-order valence-electron chi connectivity index (χ1n) is 10.5. The average Bonchev–Trinajstić information content (AvgIpc) is 2.83. The number of methoxy groups -OCH3 is 2. The van der Waals surface area contributed by atoms with E-state index in [-0.39, 0.29) is 18.9 Å². The molecule has 0 spiro atoms. The van der Waals surface area contributed by atoms with Crippen molar-refractivity contribution in [2.24, 2.45) is 5.92 Å². The zero-order valence-electron chi connectivity index (χ0n) is 18.5. The number of carbonyl (C=O) groups excluding carboxylic acids is 2. The summed E-state index contributed by atoms with van der Waals surface area (Å²) in [5, 5.41) is 10.7. The molecule has 0 fully saturated rings. The van der Waals surface area contributed by atoms with E-state index in [9.17, 15) is 14.9 Å². The molecule has 0 aliphatic carbocycles. The molecule has 0 saturated heterocycles. The first kappa shape index (κ1) is 22.6. The molecule has 2 aromatic carbocycles. The van der Waals surface area contributed by atoms with Crippen LogP contribution in [0.4, 0.5) is 5.69 Å². The van der Waals surface area contributed by atoms with Crippen molar-refractivity contribution in [3.63, 3.8) is 0 Å². The van der Waals surface area contributed by atoms with Gasteiger partial charge in [-0.25, -0.2) is 0 Å². The van der Waals surface area contributed by atoms with Crippen LogP contribution in [0.1, 0.15) is 29.2 Å². The van der Waals surface area contributed by atoms with E-state index >= 15 is 0 Å². The molecule has 2 heterocycles. The van der Waals surface area contributed by atoms with Crippen LogP contribution in [0.25, 0.3) is 10.9 Å². The first-order valence-corrected chi connectivity index (χ1v) is 10.9. The van der Waals surface area contributed by atoms with Crippen molar-refractivity contribution in [2.75, 3.05) is 19.1 Å².